The van der Waals surface area contributed by atoms with Gasteiger partial charge in [-0.25, -0.2) is 0 Å². The lowest BCUT2D eigenvalue weighted by Gasteiger charge is -2.01. The largest absolute Gasteiger partial charge is 0.495 e. The predicted octanol–water partition coefficient (Wildman–Crippen LogP) is 7.01. The van der Waals surface area contributed by atoms with Crippen molar-refractivity contribution in [3.8, 4) is 11.8 Å². The van der Waals surface area contributed by atoms with Crippen LogP contribution in [0.25, 0.3) is 0 Å². The first-order valence-corrected chi connectivity index (χ1v) is 10.5. The molecular formula is C22H39NO2. The summed E-state index contributed by atoms with van der Waals surface area (Å²) >= 11 is 0. The quantitative estimate of drug-likeness (QED) is 0.222. The Morgan fingerprint density at radius 3 is 1.80 bits per heavy atom. The first-order valence-electron chi connectivity index (χ1n) is 10.5. The average molecular weight is 350 g/mol. The molecule has 3 N–H and O–H groups in total. The van der Waals surface area contributed by atoms with Crippen LogP contribution >= 0.6 is 0 Å². The van der Waals surface area contributed by atoms with Crippen molar-refractivity contribution in [2.75, 3.05) is 0 Å². The molecule has 0 unspecified atom stereocenters. The monoisotopic (exact) mass is 349 g/mol. The minimum Gasteiger partial charge on any atom is -0.495 e. The van der Waals surface area contributed by atoms with Crippen LogP contribution in [0.3, 0.4) is 0 Å². The van der Waals surface area contributed by atoms with Gasteiger partial charge >= 0.3 is 0 Å². The molecule has 3 heteroatoms. The highest BCUT2D eigenvalue weighted by atomic mass is 16.3. The molecule has 0 aliphatic carbocycles. The Bertz CT molecular complexity index is 451. The van der Waals surface area contributed by atoms with E-state index >= 15 is 0 Å². The molecule has 0 amide bonds. The number of rotatable bonds is 16. The average Bonchev–Trinajstić information content (AvgIpc) is 2.92. The van der Waals surface area contributed by atoms with Crippen molar-refractivity contribution in [1.29, 1.82) is 0 Å². The molecule has 0 aliphatic heterocycles. The van der Waals surface area contributed by atoms with E-state index in [1.165, 1.54) is 83.5 Å². The van der Waals surface area contributed by atoms with E-state index in [0.29, 0.717) is 0 Å². The van der Waals surface area contributed by atoms with Gasteiger partial charge in [0.15, 0.2) is 11.8 Å². The minimum atomic E-state index is 0.0528. The highest BCUT2D eigenvalue weighted by Crippen LogP contribution is 2.23. The summed E-state index contributed by atoms with van der Waals surface area (Å²) < 4.78 is 0. The molecule has 1 rings (SSSR count). The highest BCUT2D eigenvalue weighted by Gasteiger charge is 2.05. The zero-order valence-corrected chi connectivity index (χ0v) is 16.2. The number of aromatic hydroxyl groups is 2. The van der Waals surface area contributed by atoms with Crippen molar-refractivity contribution in [2.45, 2.75) is 103 Å². The molecule has 0 radical (unpaired) electrons. The van der Waals surface area contributed by atoms with Gasteiger partial charge in [-0.1, -0.05) is 76.9 Å². The van der Waals surface area contributed by atoms with Crippen LogP contribution in [0, 0.1) is 0 Å². The topological polar surface area (TPSA) is 56.2 Å². The van der Waals surface area contributed by atoms with Gasteiger partial charge in [0.1, 0.15) is 0 Å². The van der Waals surface area contributed by atoms with Crippen molar-refractivity contribution in [3.05, 3.63) is 23.8 Å². The fourth-order valence-electron chi connectivity index (χ4n) is 3.22. The Kier molecular flexibility index (Phi) is 12.9. The van der Waals surface area contributed by atoms with Gasteiger partial charge in [0.2, 0.25) is 0 Å². The molecule has 0 atom stereocenters. The Labute approximate surface area is 154 Å². The Morgan fingerprint density at radius 2 is 1.28 bits per heavy atom. The van der Waals surface area contributed by atoms with E-state index < -0.39 is 0 Å². The lowest BCUT2D eigenvalue weighted by Crippen LogP contribution is -1.85. The van der Waals surface area contributed by atoms with Crippen LogP contribution in [0.1, 0.15) is 102 Å². The standard InChI is InChI=1S/C22H39NO2/c1-2-3-4-5-6-7-8-9-10-11-12-13-14-15-16-17-18-20-19-21(24)23-22(20)25/h9-10,19,23-25H,2-8,11-18H2,1H3. The molecule has 1 heterocycles. The van der Waals surface area contributed by atoms with E-state index in [0.717, 1.165) is 18.4 Å². The molecule has 0 spiro atoms. The number of allylic oxidation sites excluding steroid dienone is 2. The van der Waals surface area contributed by atoms with Crippen molar-refractivity contribution in [1.82, 2.24) is 4.98 Å². The van der Waals surface area contributed by atoms with Gasteiger partial charge in [-0.05, 0) is 38.5 Å². The van der Waals surface area contributed by atoms with Crippen LogP contribution < -0.4 is 0 Å². The van der Waals surface area contributed by atoms with Crippen LogP contribution in [0.4, 0.5) is 0 Å². The molecule has 0 aromatic carbocycles. The van der Waals surface area contributed by atoms with Gasteiger partial charge in [0, 0.05) is 11.6 Å². The summed E-state index contributed by atoms with van der Waals surface area (Å²) in [5.41, 5.74) is 0.827. The SMILES string of the molecule is CCCCCCCCC=CCCCCCCCCc1cc(O)[nH]c1O. The number of aryl methyl sites for hydroxylation is 1. The van der Waals surface area contributed by atoms with Gasteiger partial charge in [-0.15, -0.1) is 0 Å². The van der Waals surface area contributed by atoms with Crippen LogP contribution in [-0.4, -0.2) is 15.2 Å². The predicted molar refractivity (Wildman–Crippen MR) is 107 cm³/mol. The maximum absolute atomic E-state index is 9.53. The molecule has 1 aromatic heterocycles. The summed E-state index contributed by atoms with van der Waals surface area (Å²) in [4.78, 5) is 2.52. The smallest absolute Gasteiger partial charge is 0.194 e. The van der Waals surface area contributed by atoms with E-state index in [9.17, 15) is 10.2 Å². The van der Waals surface area contributed by atoms with E-state index in [1.54, 1.807) is 6.07 Å². The molecule has 0 fully saturated rings. The van der Waals surface area contributed by atoms with Crippen molar-refractivity contribution >= 4 is 0 Å². The van der Waals surface area contributed by atoms with Crippen molar-refractivity contribution < 1.29 is 10.2 Å². The second kappa shape index (κ2) is 14.9. The van der Waals surface area contributed by atoms with Crippen molar-refractivity contribution in [3.63, 3.8) is 0 Å². The number of hydrogen-bond donors (Lipinski definition) is 3. The Balaban J connectivity index is 1.81. The summed E-state index contributed by atoms with van der Waals surface area (Å²) in [6.07, 6.45) is 23.8. The molecular weight excluding hydrogens is 310 g/mol. The summed E-state index contributed by atoms with van der Waals surface area (Å²) in [5.74, 6) is 0.169. The maximum atomic E-state index is 9.53. The zero-order valence-electron chi connectivity index (χ0n) is 16.2. The van der Waals surface area contributed by atoms with Gasteiger partial charge in [0.25, 0.3) is 0 Å². The second-order valence-electron chi connectivity index (χ2n) is 7.22. The summed E-state index contributed by atoms with van der Waals surface area (Å²) in [6, 6.07) is 1.62. The van der Waals surface area contributed by atoms with Gasteiger partial charge < -0.3 is 10.2 Å². The van der Waals surface area contributed by atoms with Crippen LogP contribution in [0.15, 0.2) is 18.2 Å². The summed E-state index contributed by atoms with van der Waals surface area (Å²) in [7, 11) is 0. The normalized spacial score (nSPS) is 11.6. The first kappa shape index (κ1) is 21.7. The summed E-state index contributed by atoms with van der Waals surface area (Å²) in [6.45, 7) is 2.27. The minimum absolute atomic E-state index is 0.0528. The van der Waals surface area contributed by atoms with E-state index in [-0.39, 0.29) is 11.8 Å². The highest BCUT2D eigenvalue weighted by molar-refractivity contribution is 5.32. The number of hydrogen-bond acceptors (Lipinski definition) is 2. The lowest BCUT2D eigenvalue weighted by atomic mass is 10.1. The Morgan fingerprint density at radius 1 is 0.760 bits per heavy atom. The fourth-order valence-corrected chi connectivity index (χ4v) is 3.22. The third kappa shape index (κ3) is 11.7. The molecule has 25 heavy (non-hydrogen) atoms. The zero-order chi connectivity index (χ0) is 18.2. The molecule has 144 valence electrons. The number of aromatic nitrogens is 1. The molecule has 0 aliphatic rings. The lowest BCUT2D eigenvalue weighted by molar-refractivity contribution is 0.422. The van der Waals surface area contributed by atoms with E-state index in [1.807, 2.05) is 0 Å². The van der Waals surface area contributed by atoms with Gasteiger partial charge in [0.05, 0.1) is 0 Å². The van der Waals surface area contributed by atoms with E-state index in [2.05, 4.69) is 24.1 Å². The van der Waals surface area contributed by atoms with Crippen LogP contribution in [0.2, 0.25) is 0 Å². The number of aromatic amines is 1. The summed E-state index contributed by atoms with van der Waals surface area (Å²) in [5, 5.41) is 18.8. The molecule has 0 saturated carbocycles. The van der Waals surface area contributed by atoms with Gasteiger partial charge in [-0.3, -0.25) is 4.98 Å². The fraction of sp³-hybridized carbons (Fsp3) is 0.727. The van der Waals surface area contributed by atoms with Gasteiger partial charge in [-0.2, -0.15) is 0 Å². The maximum Gasteiger partial charge on any atom is 0.194 e. The molecule has 0 saturated heterocycles. The number of unbranched alkanes of at least 4 members (excludes halogenated alkanes) is 12. The van der Waals surface area contributed by atoms with Crippen LogP contribution in [-0.2, 0) is 6.42 Å². The molecule has 3 nitrogen and oxygen atoms in total. The first-order chi connectivity index (χ1) is 12.2. The third-order valence-corrected chi connectivity index (χ3v) is 4.82. The van der Waals surface area contributed by atoms with Crippen LogP contribution in [0.5, 0.6) is 11.8 Å². The third-order valence-electron chi connectivity index (χ3n) is 4.82. The second-order valence-corrected chi connectivity index (χ2v) is 7.22. The number of nitrogens with one attached hydrogen (secondary N) is 1. The Hall–Kier alpha value is -1.38. The number of H-pyrrole nitrogens is 1. The van der Waals surface area contributed by atoms with E-state index in [4.69, 9.17) is 0 Å². The van der Waals surface area contributed by atoms with Crippen molar-refractivity contribution in [2.24, 2.45) is 0 Å². The molecule has 0 bridgehead atoms. The molecule has 1 aromatic rings.